The zero-order valence-corrected chi connectivity index (χ0v) is 12.1. The molecule has 1 fully saturated rings. The molecule has 5 nitrogen and oxygen atoms in total. The van der Waals surface area contributed by atoms with Crippen molar-refractivity contribution >= 4 is 11.6 Å². The Morgan fingerprint density at radius 2 is 2.00 bits per heavy atom. The van der Waals surface area contributed by atoms with Gasteiger partial charge in [-0.05, 0) is 18.3 Å². The summed E-state index contributed by atoms with van der Waals surface area (Å²) in [5, 5.41) is 6.44. The molecule has 1 aromatic rings. The molecule has 0 spiro atoms. The summed E-state index contributed by atoms with van der Waals surface area (Å²) in [6.07, 6.45) is 6.92. The third-order valence-corrected chi connectivity index (χ3v) is 4.07. The molecule has 0 aliphatic heterocycles. The summed E-state index contributed by atoms with van der Waals surface area (Å²) in [5.74, 6) is 3.70. The maximum absolute atomic E-state index is 5.38. The van der Waals surface area contributed by atoms with Gasteiger partial charge < -0.3 is 15.4 Å². The third kappa shape index (κ3) is 3.28. The number of hydrogen-bond donors (Lipinski definition) is 2. The number of aromatic nitrogens is 2. The van der Waals surface area contributed by atoms with Gasteiger partial charge in [-0.1, -0.05) is 26.2 Å². The van der Waals surface area contributed by atoms with Crippen LogP contribution in [0.4, 0.5) is 11.6 Å². The lowest BCUT2D eigenvalue weighted by atomic mass is 9.80. The van der Waals surface area contributed by atoms with Crippen LogP contribution in [0.5, 0.6) is 5.75 Å². The topological polar surface area (TPSA) is 59.1 Å². The fourth-order valence-electron chi connectivity index (χ4n) is 2.80. The Hall–Kier alpha value is -1.52. The molecule has 1 heterocycles. The van der Waals surface area contributed by atoms with Gasteiger partial charge in [-0.3, -0.25) is 0 Å². The molecule has 2 N–H and O–H groups in total. The molecule has 5 heteroatoms. The van der Waals surface area contributed by atoms with Crippen LogP contribution in [0.1, 0.15) is 32.6 Å². The van der Waals surface area contributed by atoms with Crippen LogP contribution in [0.15, 0.2) is 6.33 Å². The molecule has 2 atom stereocenters. The van der Waals surface area contributed by atoms with E-state index in [4.69, 9.17) is 4.74 Å². The molecule has 0 radical (unpaired) electrons. The second-order valence-corrected chi connectivity index (χ2v) is 5.26. The lowest BCUT2D eigenvalue weighted by Crippen LogP contribution is -2.24. The second kappa shape index (κ2) is 6.59. The van der Waals surface area contributed by atoms with Gasteiger partial charge in [-0.2, -0.15) is 0 Å². The van der Waals surface area contributed by atoms with E-state index in [9.17, 15) is 0 Å². The van der Waals surface area contributed by atoms with Crippen molar-refractivity contribution in [1.29, 1.82) is 0 Å². The van der Waals surface area contributed by atoms with Crippen molar-refractivity contribution in [2.75, 3.05) is 31.3 Å². The second-order valence-electron chi connectivity index (χ2n) is 5.26. The first-order chi connectivity index (χ1) is 9.26. The molecule has 2 unspecified atom stereocenters. The van der Waals surface area contributed by atoms with Gasteiger partial charge in [0, 0.05) is 13.6 Å². The Labute approximate surface area is 115 Å². The molecule has 1 aliphatic rings. The monoisotopic (exact) mass is 264 g/mol. The van der Waals surface area contributed by atoms with Crippen LogP contribution in [-0.4, -0.2) is 30.7 Å². The largest absolute Gasteiger partial charge is 0.490 e. The summed E-state index contributed by atoms with van der Waals surface area (Å²) in [6.45, 7) is 3.30. The Balaban J connectivity index is 2.02. The van der Waals surface area contributed by atoms with Gasteiger partial charge >= 0.3 is 0 Å². The third-order valence-electron chi connectivity index (χ3n) is 4.07. The van der Waals surface area contributed by atoms with Crippen molar-refractivity contribution < 1.29 is 4.74 Å². The molecular weight excluding hydrogens is 240 g/mol. The van der Waals surface area contributed by atoms with Crippen molar-refractivity contribution in [3.8, 4) is 5.75 Å². The molecule has 1 saturated carbocycles. The molecule has 0 saturated heterocycles. The van der Waals surface area contributed by atoms with Crippen LogP contribution < -0.4 is 15.4 Å². The Morgan fingerprint density at radius 1 is 1.26 bits per heavy atom. The highest BCUT2D eigenvalue weighted by Crippen LogP contribution is 2.32. The van der Waals surface area contributed by atoms with E-state index in [2.05, 4.69) is 27.5 Å². The first kappa shape index (κ1) is 13.9. The molecule has 1 aromatic heterocycles. The summed E-state index contributed by atoms with van der Waals surface area (Å²) in [4.78, 5) is 8.43. The van der Waals surface area contributed by atoms with Gasteiger partial charge in [-0.25, -0.2) is 9.97 Å². The van der Waals surface area contributed by atoms with Crippen LogP contribution in [0, 0.1) is 11.8 Å². The number of rotatable bonds is 5. The smallest absolute Gasteiger partial charge is 0.204 e. The fraction of sp³-hybridized carbons (Fsp3) is 0.714. The Kier molecular flexibility index (Phi) is 4.82. The lowest BCUT2D eigenvalue weighted by Gasteiger charge is -2.29. The quantitative estimate of drug-likeness (QED) is 0.856. The minimum atomic E-state index is 0.688. The van der Waals surface area contributed by atoms with E-state index in [1.807, 2.05) is 7.05 Å². The van der Waals surface area contributed by atoms with Crippen molar-refractivity contribution in [3.05, 3.63) is 6.33 Å². The van der Waals surface area contributed by atoms with Crippen molar-refractivity contribution in [1.82, 2.24) is 9.97 Å². The zero-order chi connectivity index (χ0) is 13.7. The van der Waals surface area contributed by atoms with E-state index < -0.39 is 0 Å². The van der Waals surface area contributed by atoms with Crippen molar-refractivity contribution in [2.45, 2.75) is 32.6 Å². The predicted octanol–water partition coefficient (Wildman–Crippen LogP) is 2.77. The van der Waals surface area contributed by atoms with Crippen molar-refractivity contribution in [2.24, 2.45) is 11.8 Å². The molecule has 0 bridgehead atoms. The highest BCUT2D eigenvalue weighted by Gasteiger charge is 2.21. The number of anilines is 2. The van der Waals surface area contributed by atoms with Gasteiger partial charge in [0.2, 0.25) is 5.75 Å². The van der Waals surface area contributed by atoms with E-state index in [1.54, 1.807) is 13.4 Å². The summed E-state index contributed by atoms with van der Waals surface area (Å²) in [7, 11) is 3.48. The van der Waals surface area contributed by atoms with E-state index in [0.29, 0.717) is 5.75 Å². The average Bonchev–Trinajstić information content (AvgIpc) is 2.45. The standard InChI is InChI=1S/C14H24N4O/c1-10-6-4-5-7-11(10)8-16-14-12(19-3)13(15-2)17-9-18-14/h9-11H,4-8H2,1-3H3,(H2,15,16,17,18). The Bertz CT molecular complexity index is 410. The maximum Gasteiger partial charge on any atom is 0.204 e. The lowest BCUT2D eigenvalue weighted by molar-refractivity contribution is 0.268. The highest BCUT2D eigenvalue weighted by atomic mass is 16.5. The molecule has 106 valence electrons. The minimum absolute atomic E-state index is 0.688. The number of nitrogens with one attached hydrogen (secondary N) is 2. The Morgan fingerprint density at radius 3 is 2.68 bits per heavy atom. The molecule has 0 aromatic carbocycles. The van der Waals surface area contributed by atoms with Gasteiger partial charge in [0.1, 0.15) is 6.33 Å². The average molecular weight is 264 g/mol. The van der Waals surface area contributed by atoms with Crippen LogP contribution in [0.3, 0.4) is 0 Å². The predicted molar refractivity (Wildman–Crippen MR) is 77.7 cm³/mol. The molecule has 19 heavy (non-hydrogen) atoms. The number of nitrogens with zero attached hydrogens (tertiary/aromatic N) is 2. The van der Waals surface area contributed by atoms with Crippen LogP contribution in [0.25, 0.3) is 0 Å². The minimum Gasteiger partial charge on any atom is -0.490 e. The van der Waals surface area contributed by atoms with E-state index in [-0.39, 0.29) is 0 Å². The fourth-order valence-corrected chi connectivity index (χ4v) is 2.80. The summed E-state index contributed by atoms with van der Waals surface area (Å²) in [6, 6.07) is 0. The molecular formula is C14H24N4O. The molecule has 2 rings (SSSR count). The number of hydrogen-bond acceptors (Lipinski definition) is 5. The first-order valence-corrected chi connectivity index (χ1v) is 7.06. The summed E-state index contributed by atoms with van der Waals surface area (Å²) in [5.41, 5.74) is 0. The SMILES string of the molecule is CNc1ncnc(NCC2CCCCC2C)c1OC. The maximum atomic E-state index is 5.38. The van der Waals surface area contributed by atoms with Crippen LogP contribution >= 0.6 is 0 Å². The van der Waals surface area contributed by atoms with E-state index >= 15 is 0 Å². The number of ether oxygens (including phenoxy) is 1. The first-order valence-electron chi connectivity index (χ1n) is 7.06. The van der Waals surface area contributed by atoms with Crippen molar-refractivity contribution in [3.63, 3.8) is 0 Å². The number of methoxy groups -OCH3 is 1. The molecule has 0 amide bonds. The van der Waals surface area contributed by atoms with E-state index in [0.717, 1.165) is 30.0 Å². The van der Waals surface area contributed by atoms with Gasteiger partial charge in [0.05, 0.1) is 7.11 Å². The van der Waals surface area contributed by atoms with E-state index in [1.165, 1.54) is 25.7 Å². The summed E-state index contributed by atoms with van der Waals surface area (Å²) >= 11 is 0. The van der Waals surface area contributed by atoms with Gasteiger partial charge in [0.15, 0.2) is 11.6 Å². The van der Waals surface area contributed by atoms with Gasteiger partial charge in [-0.15, -0.1) is 0 Å². The van der Waals surface area contributed by atoms with Crippen LogP contribution in [0.2, 0.25) is 0 Å². The zero-order valence-electron chi connectivity index (χ0n) is 12.1. The summed E-state index contributed by atoms with van der Waals surface area (Å²) < 4.78 is 5.38. The van der Waals surface area contributed by atoms with Gasteiger partial charge in [0.25, 0.3) is 0 Å². The van der Waals surface area contributed by atoms with Crippen LogP contribution in [-0.2, 0) is 0 Å². The highest BCUT2D eigenvalue weighted by molar-refractivity contribution is 5.63. The molecule has 1 aliphatic carbocycles. The normalized spacial score (nSPS) is 22.9.